The van der Waals surface area contributed by atoms with E-state index in [1.54, 1.807) is 19.1 Å². The third kappa shape index (κ3) is 3.26. The first-order valence-electron chi connectivity index (χ1n) is 4.75. The number of halogens is 2. The molecule has 2 nitrogen and oxygen atoms in total. The second-order valence-electron chi connectivity index (χ2n) is 3.65. The third-order valence-corrected chi connectivity index (χ3v) is 2.34. The summed E-state index contributed by atoms with van der Waals surface area (Å²) < 4.78 is 5.54. The molecule has 0 aromatic heterocycles. The van der Waals surface area contributed by atoms with E-state index in [0.717, 1.165) is 0 Å². The van der Waals surface area contributed by atoms with Crippen LogP contribution < -0.4 is 4.74 Å². The molecule has 0 saturated heterocycles. The molecule has 84 valence electrons. The first kappa shape index (κ1) is 12.6. The summed E-state index contributed by atoms with van der Waals surface area (Å²) in [6.07, 6.45) is -0.656. The van der Waals surface area contributed by atoms with Crippen LogP contribution in [0.1, 0.15) is 32.4 Å². The highest BCUT2D eigenvalue weighted by molar-refractivity contribution is 6.35. The van der Waals surface area contributed by atoms with E-state index in [2.05, 4.69) is 0 Å². The number of ether oxygens (including phenoxy) is 1. The van der Waals surface area contributed by atoms with Crippen molar-refractivity contribution in [3.05, 3.63) is 27.7 Å². The van der Waals surface area contributed by atoms with Gasteiger partial charge in [-0.1, -0.05) is 23.2 Å². The molecule has 0 heterocycles. The van der Waals surface area contributed by atoms with Crippen molar-refractivity contribution in [2.45, 2.75) is 33.0 Å². The Morgan fingerprint density at radius 3 is 2.27 bits per heavy atom. The first-order chi connectivity index (χ1) is 6.91. The smallest absolute Gasteiger partial charge is 0.144 e. The predicted octanol–water partition coefficient (Wildman–Crippen LogP) is 3.83. The van der Waals surface area contributed by atoms with Gasteiger partial charge in [-0.15, -0.1) is 0 Å². The van der Waals surface area contributed by atoms with Gasteiger partial charge in [0.25, 0.3) is 0 Å². The molecule has 0 saturated carbocycles. The van der Waals surface area contributed by atoms with Gasteiger partial charge < -0.3 is 9.84 Å². The maximum Gasteiger partial charge on any atom is 0.144 e. The van der Waals surface area contributed by atoms with Gasteiger partial charge >= 0.3 is 0 Å². The second-order valence-corrected chi connectivity index (χ2v) is 4.49. The molecule has 0 amide bonds. The van der Waals surface area contributed by atoms with E-state index in [-0.39, 0.29) is 6.10 Å². The SMILES string of the molecule is CC(C)Oc1c(Cl)cc(Cl)cc1C(C)O. The van der Waals surface area contributed by atoms with Gasteiger partial charge in [0, 0.05) is 10.6 Å². The van der Waals surface area contributed by atoms with Crippen LogP contribution >= 0.6 is 23.2 Å². The summed E-state index contributed by atoms with van der Waals surface area (Å²) in [6, 6.07) is 3.27. The molecule has 0 radical (unpaired) electrons. The quantitative estimate of drug-likeness (QED) is 0.881. The monoisotopic (exact) mass is 248 g/mol. The molecule has 15 heavy (non-hydrogen) atoms. The molecule has 0 aliphatic heterocycles. The Morgan fingerprint density at radius 2 is 1.80 bits per heavy atom. The molecule has 0 aliphatic rings. The minimum Gasteiger partial charge on any atom is -0.489 e. The number of aliphatic hydroxyl groups is 1. The topological polar surface area (TPSA) is 29.5 Å². The van der Waals surface area contributed by atoms with E-state index in [9.17, 15) is 5.11 Å². The predicted molar refractivity (Wildman–Crippen MR) is 62.9 cm³/mol. The summed E-state index contributed by atoms with van der Waals surface area (Å²) in [5.41, 5.74) is 0.612. The maximum atomic E-state index is 9.57. The van der Waals surface area contributed by atoms with Crippen LogP contribution in [0.15, 0.2) is 12.1 Å². The molecule has 1 N–H and O–H groups in total. The minimum absolute atomic E-state index is 0.00109. The van der Waals surface area contributed by atoms with E-state index in [0.29, 0.717) is 21.4 Å². The zero-order valence-corrected chi connectivity index (χ0v) is 10.4. The lowest BCUT2D eigenvalue weighted by Gasteiger charge is -2.17. The fourth-order valence-electron chi connectivity index (χ4n) is 1.25. The zero-order valence-electron chi connectivity index (χ0n) is 8.92. The average molecular weight is 249 g/mol. The summed E-state index contributed by atoms with van der Waals surface area (Å²) in [7, 11) is 0. The Hall–Kier alpha value is -0.440. The van der Waals surface area contributed by atoms with Gasteiger partial charge in [0.1, 0.15) is 5.75 Å². The Kier molecular flexibility index (Phi) is 4.26. The molecule has 4 heteroatoms. The summed E-state index contributed by atoms with van der Waals surface area (Å²) in [6.45, 7) is 5.45. The lowest BCUT2D eigenvalue weighted by atomic mass is 10.1. The summed E-state index contributed by atoms with van der Waals surface area (Å²) in [5, 5.41) is 10.5. The van der Waals surface area contributed by atoms with Crippen LogP contribution in [0, 0.1) is 0 Å². The standard InChI is InChI=1S/C11H14Cl2O2/c1-6(2)15-11-9(7(3)14)4-8(12)5-10(11)13/h4-7,14H,1-3H3. The van der Waals surface area contributed by atoms with Gasteiger partial charge in [-0.3, -0.25) is 0 Å². The minimum atomic E-state index is -0.657. The van der Waals surface area contributed by atoms with Gasteiger partial charge in [-0.05, 0) is 32.9 Å². The van der Waals surface area contributed by atoms with Crippen molar-refractivity contribution in [2.24, 2.45) is 0 Å². The fraction of sp³-hybridized carbons (Fsp3) is 0.455. The van der Waals surface area contributed by atoms with Gasteiger partial charge in [-0.25, -0.2) is 0 Å². The molecule has 0 bridgehead atoms. The number of hydrogen-bond acceptors (Lipinski definition) is 2. The normalized spacial score (nSPS) is 13.0. The summed E-state index contributed by atoms with van der Waals surface area (Å²) in [5.74, 6) is 0.506. The van der Waals surface area contributed by atoms with Gasteiger partial charge in [-0.2, -0.15) is 0 Å². The Balaban J connectivity index is 3.21. The van der Waals surface area contributed by atoms with Crippen LogP contribution in [0.25, 0.3) is 0 Å². The van der Waals surface area contributed by atoms with Crippen LogP contribution in [0.5, 0.6) is 5.75 Å². The number of hydrogen-bond donors (Lipinski definition) is 1. The van der Waals surface area contributed by atoms with E-state index in [4.69, 9.17) is 27.9 Å². The van der Waals surface area contributed by atoms with Crippen molar-refractivity contribution < 1.29 is 9.84 Å². The molecular formula is C11H14Cl2O2. The maximum absolute atomic E-state index is 9.57. The number of benzene rings is 1. The summed E-state index contributed by atoms with van der Waals surface area (Å²) in [4.78, 5) is 0. The highest BCUT2D eigenvalue weighted by Crippen LogP contribution is 2.36. The molecule has 1 atom stereocenters. The van der Waals surface area contributed by atoms with E-state index in [1.165, 1.54) is 0 Å². The van der Waals surface area contributed by atoms with Crippen LogP contribution in [-0.4, -0.2) is 11.2 Å². The molecule has 0 fully saturated rings. The molecule has 1 aromatic carbocycles. The van der Waals surface area contributed by atoms with E-state index < -0.39 is 6.10 Å². The molecular weight excluding hydrogens is 235 g/mol. The zero-order chi connectivity index (χ0) is 11.6. The van der Waals surface area contributed by atoms with Crippen molar-refractivity contribution in [2.75, 3.05) is 0 Å². The fourth-order valence-corrected chi connectivity index (χ4v) is 1.80. The van der Waals surface area contributed by atoms with Crippen molar-refractivity contribution in [1.29, 1.82) is 0 Å². The lowest BCUT2D eigenvalue weighted by Crippen LogP contribution is -2.09. The Labute approximate surface area is 99.8 Å². The highest BCUT2D eigenvalue weighted by atomic mass is 35.5. The van der Waals surface area contributed by atoms with E-state index in [1.807, 2.05) is 13.8 Å². The molecule has 1 unspecified atom stereocenters. The number of aliphatic hydroxyl groups excluding tert-OH is 1. The lowest BCUT2D eigenvalue weighted by molar-refractivity contribution is 0.183. The van der Waals surface area contributed by atoms with Crippen molar-refractivity contribution in [1.82, 2.24) is 0 Å². The Bertz CT molecular complexity index is 349. The first-order valence-corrected chi connectivity index (χ1v) is 5.51. The van der Waals surface area contributed by atoms with Crippen molar-refractivity contribution in [3.63, 3.8) is 0 Å². The van der Waals surface area contributed by atoms with Gasteiger partial charge in [0.15, 0.2) is 0 Å². The van der Waals surface area contributed by atoms with Crippen molar-refractivity contribution in [3.8, 4) is 5.75 Å². The molecule has 1 rings (SSSR count). The Morgan fingerprint density at radius 1 is 1.20 bits per heavy atom. The largest absolute Gasteiger partial charge is 0.489 e. The van der Waals surface area contributed by atoms with Crippen molar-refractivity contribution >= 4 is 23.2 Å². The molecule has 1 aromatic rings. The summed E-state index contributed by atoms with van der Waals surface area (Å²) >= 11 is 11.9. The van der Waals surface area contributed by atoms with Gasteiger partial charge in [0.05, 0.1) is 17.2 Å². The van der Waals surface area contributed by atoms with E-state index >= 15 is 0 Å². The van der Waals surface area contributed by atoms with Gasteiger partial charge in [0.2, 0.25) is 0 Å². The third-order valence-electron chi connectivity index (χ3n) is 1.84. The second kappa shape index (κ2) is 5.06. The average Bonchev–Trinajstić information content (AvgIpc) is 2.08. The number of rotatable bonds is 3. The highest BCUT2D eigenvalue weighted by Gasteiger charge is 2.15. The van der Waals surface area contributed by atoms with Crippen LogP contribution in [-0.2, 0) is 0 Å². The van der Waals surface area contributed by atoms with Crippen LogP contribution in [0.4, 0.5) is 0 Å². The molecule has 0 spiro atoms. The van der Waals surface area contributed by atoms with Crippen LogP contribution in [0.3, 0.4) is 0 Å². The van der Waals surface area contributed by atoms with Crippen LogP contribution in [0.2, 0.25) is 10.0 Å². The molecule has 0 aliphatic carbocycles.